The summed E-state index contributed by atoms with van der Waals surface area (Å²) in [6.45, 7) is 0. The standard InChI is InChI=1S/C7H7ClN2S/c1-11-5-2-3-10-6(4-5)7(8)9/h2-4,9H,1H3. The average molecular weight is 187 g/mol. The lowest BCUT2D eigenvalue weighted by molar-refractivity contribution is 1.23. The zero-order valence-corrected chi connectivity index (χ0v) is 7.54. The van der Waals surface area contributed by atoms with Crippen LogP contribution in [0.3, 0.4) is 0 Å². The van der Waals surface area contributed by atoms with Gasteiger partial charge in [-0.05, 0) is 18.4 Å². The van der Waals surface area contributed by atoms with Crippen molar-refractivity contribution in [3.05, 3.63) is 24.0 Å². The molecule has 11 heavy (non-hydrogen) atoms. The Labute approximate surface area is 74.5 Å². The summed E-state index contributed by atoms with van der Waals surface area (Å²) in [6, 6.07) is 3.67. The van der Waals surface area contributed by atoms with Crippen LogP contribution in [0.25, 0.3) is 0 Å². The molecule has 1 aromatic rings. The van der Waals surface area contributed by atoms with Crippen LogP contribution in [0, 0.1) is 5.41 Å². The minimum Gasteiger partial charge on any atom is -0.287 e. The van der Waals surface area contributed by atoms with E-state index < -0.39 is 0 Å². The van der Waals surface area contributed by atoms with Crippen LogP contribution in [0.2, 0.25) is 0 Å². The first-order valence-corrected chi connectivity index (χ1v) is 4.59. The molecule has 0 saturated carbocycles. The minimum atomic E-state index is -0.0131. The first-order valence-electron chi connectivity index (χ1n) is 2.98. The first kappa shape index (κ1) is 8.56. The number of pyridine rings is 1. The summed E-state index contributed by atoms with van der Waals surface area (Å²) in [4.78, 5) is 4.99. The maximum atomic E-state index is 7.10. The third kappa shape index (κ3) is 2.20. The quantitative estimate of drug-likeness (QED) is 0.569. The van der Waals surface area contributed by atoms with Crippen LogP contribution in [0.15, 0.2) is 23.2 Å². The Hall–Kier alpha value is -0.540. The Morgan fingerprint density at radius 1 is 1.73 bits per heavy atom. The fourth-order valence-electron chi connectivity index (χ4n) is 0.658. The van der Waals surface area contributed by atoms with Gasteiger partial charge in [-0.25, -0.2) is 0 Å². The molecule has 0 unspecified atom stereocenters. The normalized spacial score (nSPS) is 9.64. The summed E-state index contributed by atoms with van der Waals surface area (Å²) in [6.07, 6.45) is 3.62. The summed E-state index contributed by atoms with van der Waals surface area (Å²) in [7, 11) is 0. The van der Waals surface area contributed by atoms with E-state index in [1.807, 2.05) is 12.3 Å². The second kappa shape index (κ2) is 3.74. The molecule has 0 spiro atoms. The summed E-state index contributed by atoms with van der Waals surface area (Å²) in [5.41, 5.74) is 0.526. The Morgan fingerprint density at radius 3 is 3.00 bits per heavy atom. The molecular weight excluding hydrogens is 180 g/mol. The molecule has 58 valence electrons. The van der Waals surface area contributed by atoms with Gasteiger partial charge in [0.05, 0.1) is 0 Å². The van der Waals surface area contributed by atoms with Crippen LogP contribution in [0.5, 0.6) is 0 Å². The number of rotatable bonds is 2. The molecule has 0 saturated heterocycles. The van der Waals surface area contributed by atoms with E-state index in [1.54, 1.807) is 24.0 Å². The minimum absolute atomic E-state index is 0.0131. The van der Waals surface area contributed by atoms with E-state index in [1.165, 1.54) is 0 Å². The van der Waals surface area contributed by atoms with Gasteiger partial charge in [-0.1, -0.05) is 11.6 Å². The van der Waals surface area contributed by atoms with E-state index in [4.69, 9.17) is 17.0 Å². The van der Waals surface area contributed by atoms with Crippen LogP contribution >= 0.6 is 23.4 Å². The van der Waals surface area contributed by atoms with Gasteiger partial charge in [0.15, 0.2) is 0 Å². The number of aromatic nitrogens is 1. The number of halogens is 1. The van der Waals surface area contributed by atoms with Gasteiger partial charge in [-0.3, -0.25) is 10.4 Å². The molecular formula is C7H7ClN2S. The molecule has 1 heterocycles. The number of thioether (sulfide) groups is 1. The molecule has 1 N–H and O–H groups in total. The molecule has 0 atom stereocenters. The zero-order valence-electron chi connectivity index (χ0n) is 5.97. The number of hydrogen-bond acceptors (Lipinski definition) is 3. The largest absolute Gasteiger partial charge is 0.287 e. The average Bonchev–Trinajstić information content (AvgIpc) is 2.05. The Morgan fingerprint density at radius 2 is 2.45 bits per heavy atom. The van der Waals surface area contributed by atoms with Gasteiger partial charge in [-0.2, -0.15) is 0 Å². The van der Waals surface area contributed by atoms with Gasteiger partial charge < -0.3 is 0 Å². The van der Waals surface area contributed by atoms with E-state index in [0.717, 1.165) is 4.90 Å². The Balaban J connectivity index is 3.01. The molecule has 2 nitrogen and oxygen atoms in total. The maximum absolute atomic E-state index is 7.10. The van der Waals surface area contributed by atoms with Gasteiger partial charge in [0.2, 0.25) is 0 Å². The highest BCUT2D eigenvalue weighted by Crippen LogP contribution is 2.14. The third-order valence-electron chi connectivity index (χ3n) is 1.19. The van der Waals surface area contributed by atoms with Crippen molar-refractivity contribution in [3.63, 3.8) is 0 Å². The lowest BCUT2D eigenvalue weighted by Gasteiger charge is -1.97. The molecule has 0 aromatic carbocycles. The predicted molar refractivity (Wildman–Crippen MR) is 48.7 cm³/mol. The fourth-order valence-corrected chi connectivity index (χ4v) is 1.19. The van der Waals surface area contributed by atoms with E-state index in [0.29, 0.717) is 5.69 Å². The highest BCUT2D eigenvalue weighted by atomic mass is 35.5. The molecule has 0 aliphatic rings. The molecule has 0 fully saturated rings. The fraction of sp³-hybridized carbons (Fsp3) is 0.143. The van der Waals surface area contributed by atoms with E-state index in [-0.39, 0.29) is 5.17 Å². The van der Waals surface area contributed by atoms with Crippen LogP contribution < -0.4 is 0 Å². The van der Waals surface area contributed by atoms with Crippen molar-refractivity contribution >= 4 is 28.5 Å². The lowest BCUT2D eigenvalue weighted by atomic mass is 10.4. The summed E-state index contributed by atoms with van der Waals surface area (Å²) >= 11 is 7.05. The predicted octanol–water partition coefficient (Wildman–Crippen LogP) is 2.37. The van der Waals surface area contributed by atoms with Gasteiger partial charge in [-0.15, -0.1) is 11.8 Å². The van der Waals surface area contributed by atoms with Crippen LogP contribution in [-0.4, -0.2) is 16.4 Å². The van der Waals surface area contributed by atoms with Crippen molar-refractivity contribution in [3.8, 4) is 0 Å². The highest BCUT2D eigenvalue weighted by molar-refractivity contribution is 7.98. The SMILES string of the molecule is CSc1ccnc(C(=N)Cl)c1. The first-order chi connectivity index (χ1) is 5.24. The van der Waals surface area contributed by atoms with Crippen molar-refractivity contribution in [2.45, 2.75) is 4.90 Å². The van der Waals surface area contributed by atoms with E-state index >= 15 is 0 Å². The van der Waals surface area contributed by atoms with Crippen LogP contribution in [0.1, 0.15) is 5.69 Å². The molecule has 1 aromatic heterocycles. The monoisotopic (exact) mass is 186 g/mol. The van der Waals surface area contributed by atoms with Crippen LogP contribution in [-0.2, 0) is 0 Å². The van der Waals surface area contributed by atoms with Crippen molar-refractivity contribution in [2.24, 2.45) is 0 Å². The van der Waals surface area contributed by atoms with Crippen molar-refractivity contribution in [1.82, 2.24) is 4.98 Å². The number of hydrogen-bond donors (Lipinski definition) is 1. The molecule has 4 heteroatoms. The van der Waals surface area contributed by atoms with Gasteiger partial charge in [0.25, 0.3) is 0 Å². The van der Waals surface area contributed by atoms with Gasteiger partial charge in [0, 0.05) is 11.1 Å². The summed E-state index contributed by atoms with van der Waals surface area (Å²) in [5, 5.41) is 7.09. The summed E-state index contributed by atoms with van der Waals surface area (Å²) < 4.78 is 0. The molecule has 0 bridgehead atoms. The molecule has 0 radical (unpaired) electrons. The van der Waals surface area contributed by atoms with Crippen molar-refractivity contribution in [2.75, 3.05) is 6.26 Å². The Bertz CT molecular complexity index is 275. The van der Waals surface area contributed by atoms with E-state index in [2.05, 4.69) is 4.98 Å². The van der Waals surface area contributed by atoms with Crippen molar-refractivity contribution < 1.29 is 0 Å². The number of nitrogens with zero attached hydrogens (tertiary/aromatic N) is 1. The Kier molecular flexibility index (Phi) is 2.91. The zero-order chi connectivity index (χ0) is 8.27. The van der Waals surface area contributed by atoms with Gasteiger partial charge in [0.1, 0.15) is 10.9 Å². The van der Waals surface area contributed by atoms with Gasteiger partial charge >= 0.3 is 0 Å². The molecule has 0 aliphatic carbocycles. The lowest BCUT2D eigenvalue weighted by Crippen LogP contribution is -1.92. The number of nitrogens with one attached hydrogen (secondary N) is 1. The second-order valence-electron chi connectivity index (χ2n) is 1.89. The smallest absolute Gasteiger partial charge is 0.146 e. The molecule has 0 amide bonds. The topological polar surface area (TPSA) is 36.7 Å². The summed E-state index contributed by atoms with van der Waals surface area (Å²) in [5.74, 6) is 0. The molecule has 1 rings (SSSR count). The van der Waals surface area contributed by atoms with Crippen molar-refractivity contribution in [1.29, 1.82) is 5.41 Å². The third-order valence-corrected chi connectivity index (χ3v) is 2.11. The maximum Gasteiger partial charge on any atom is 0.146 e. The van der Waals surface area contributed by atoms with E-state index in [9.17, 15) is 0 Å². The highest BCUT2D eigenvalue weighted by Gasteiger charge is 1.98. The van der Waals surface area contributed by atoms with Crippen LogP contribution in [0.4, 0.5) is 0 Å². The molecule has 0 aliphatic heterocycles. The second-order valence-corrected chi connectivity index (χ2v) is 3.15.